The molecular formula is C30H36N2O7S2. The second-order valence-electron chi connectivity index (χ2n) is 10.1. The van der Waals surface area contributed by atoms with Crippen LogP contribution in [0.4, 0.5) is 0 Å². The molecule has 41 heavy (non-hydrogen) atoms. The van der Waals surface area contributed by atoms with E-state index in [1.165, 1.54) is 34.9 Å². The molecule has 0 aliphatic carbocycles. The molecule has 1 aliphatic rings. The van der Waals surface area contributed by atoms with Crippen LogP contribution in [0.1, 0.15) is 25.0 Å². The molecule has 220 valence electrons. The number of hydrogen-bond donors (Lipinski definition) is 1. The Labute approximate surface area is 242 Å². The number of fused-ring (bicyclic) bond motifs is 1. The summed E-state index contributed by atoms with van der Waals surface area (Å²) in [6.07, 6.45) is 3.06. The van der Waals surface area contributed by atoms with Crippen LogP contribution in [0.3, 0.4) is 0 Å². The van der Waals surface area contributed by atoms with Crippen molar-refractivity contribution in [3.05, 3.63) is 83.9 Å². The van der Waals surface area contributed by atoms with Gasteiger partial charge in [0, 0.05) is 25.6 Å². The molecule has 1 heterocycles. The summed E-state index contributed by atoms with van der Waals surface area (Å²) in [5.41, 5.74) is 1.69. The lowest BCUT2D eigenvalue weighted by Crippen LogP contribution is -2.50. The number of rotatable bonds is 9. The lowest BCUT2D eigenvalue weighted by molar-refractivity contribution is 0.0904. The molecule has 0 amide bonds. The van der Waals surface area contributed by atoms with E-state index in [0.717, 1.165) is 5.56 Å². The molecule has 9 nitrogen and oxygen atoms in total. The van der Waals surface area contributed by atoms with Gasteiger partial charge in [0.25, 0.3) is 0 Å². The van der Waals surface area contributed by atoms with Gasteiger partial charge in [-0.25, -0.2) is 16.8 Å². The van der Waals surface area contributed by atoms with Crippen molar-refractivity contribution in [2.75, 3.05) is 33.9 Å². The van der Waals surface area contributed by atoms with Crippen molar-refractivity contribution < 1.29 is 31.4 Å². The number of para-hydroxylation sites is 1. The van der Waals surface area contributed by atoms with Crippen molar-refractivity contribution in [1.29, 1.82) is 0 Å². The summed E-state index contributed by atoms with van der Waals surface area (Å²) in [6.45, 7) is 3.06. The first-order chi connectivity index (χ1) is 19.5. The molecule has 0 radical (unpaired) electrons. The highest BCUT2D eigenvalue weighted by molar-refractivity contribution is 7.89. The van der Waals surface area contributed by atoms with Crippen LogP contribution >= 0.6 is 0 Å². The molecule has 3 aromatic rings. The zero-order valence-electron chi connectivity index (χ0n) is 23.5. The number of benzene rings is 3. The fourth-order valence-corrected chi connectivity index (χ4v) is 7.83. The normalized spacial score (nSPS) is 20.1. The quantitative estimate of drug-likeness (QED) is 0.370. The first-order valence-electron chi connectivity index (χ1n) is 13.2. The number of aliphatic hydroxyl groups is 1. The van der Waals surface area contributed by atoms with Gasteiger partial charge in [-0.3, -0.25) is 0 Å². The minimum absolute atomic E-state index is 0.0235. The molecule has 0 spiro atoms. The van der Waals surface area contributed by atoms with Crippen molar-refractivity contribution in [3.63, 3.8) is 0 Å². The minimum Gasteiger partial charge on any atom is -0.495 e. The highest BCUT2D eigenvalue weighted by Gasteiger charge is 2.39. The van der Waals surface area contributed by atoms with Gasteiger partial charge in [-0.1, -0.05) is 67.6 Å². The molecule has 3 atom stereocenters. The highest BCUT2D eigenvalue weighted by Crippen LogP contribution is 2.35. The Morgan fingerprint density at radius 3 is 2.41 bits per heavy atom. The third kappa shape index (κ3) is 6.65. The van der Waals surface area contributed by atoms with Gasteiger partial charge in [-0.2, -0.15) is 8.61 Å². The van der Waals surface area contributed by atoms with Crippen LogP contribution in [0.25, 0.3) is 12.2 Å². The molecule has 0 fully saturated rings. The van der Waals surface area contributed by atoms with Gasteiger partial charge in [0.15, 0.2) is 0 Å². The Hall–Kier alpha value is -3.22. The van der Waals surface area contributed by atoms with Gasteiger partial charge in [-0.15, -0.1) is 0 Å². The summed E-state index contributed by atoms with van der Waals surface area (Å²) in [4.78, 5) is -0.0165. The van der Waals surface area contributed by atoms with E-state index in [1.807, 2.05) is 49.4 Å². The topological polar surface area (TPSA) is 113 Å². The van der Waals surface area contributed by atoms with Gasteiger partial charge in [0.2, 0.25) is 20.0 Å². The van der Waals surface area contributed by atoms with Crippen LogP contribution in [0.5, 0.6) is 11.5 Å². The number of aliphatic hydroxyl groups excluding tert-OH is 1. The van der Waals surface area contributed by atoms with Gasteiger partial charge < -0.3 is 14.6 Å². The zero-order chi connectivity index (χ0) is 29.8. The summed E-state index contributed by atoms with van der Waals surface area (Å²) >= 11 is 0. The third-order valence-electron chi connectivity index (χ3n) is 7.15. The van der Waals surface area contributed by atoms with Crippen molar-refractivity contribution in [3.8, 4) is 11.5 Å². The van der Waals surface area contributed by atoms with Gasteiger partial charge in [0.05, 0.1) is 20.3 Å². The van der Waals surface area contributed by atoms with Crippen molar-refractivity contribution in [1.82, 2.24) is 8.61 Å². The monoisotopic (exact) mass is 600 g/mol. The van der Waals surface area contributed by atoms with Crippen LogP contribution in [-0.4, -0.2) is 76.6 Å². The largest absolute Gasteiger partial charge is 0.495 e. The second-order valence-corrected chi connectivity index (χ2v) is 14.0. The lowest BCUT2D eigenvalue weighted by Gasteiger charge is -2.37. The van der Waals surface area contributed by atoms with E-state index in [9.17, 15) is 21.9 Å². The Morgan fingerprint density at radius 2 is 1.73 bits per heavy atom. The number of methoxy groups -OCH3 is 1. The maximum Gasteiger partial charge on any atom is 0.247 e. The Morgan fingerprint density at radius 1 is 1.07 bits per heavy atom. The number of hydrogen-bond acceptors (Lipinski definition) is 7. The molecule has 0 aromatic heterocycles. The number of nitrogens with zero attached hydrogens (tertiary/aromatic N) is 2. The molecule has 0 saturated carbocycles. The van der Waals surface area contributed by atoms with Crippen LogP contribution in [0.15, 0.2) is 82.6 Å². The SMILES string of the molecule is COc1ccccc1S(=O)(=O)N(C)C[C@@H]1Oc2cc(/C=C/c3ccccc3)ccc2S(=O)(=O)N([C@H](C)CO)C[C@H]1C. The van der Waals surface area contributed by atoms with Crippen LogP contribution in [0, 0.1) is 5.92 Å². The Kier molecular flexibility index (Phi) is 9.55. The highest BCUT2D eigenvalue weighted by atomic mass is 32.2. The predicted octanol–water partition coefficient (Wildman–Crippen LogP) is 3.95. The summed E-state index contributed by atoms with van der Waals surface area (Å²) in [5, 5.41) is 9.89. The van der Waals surface area contributed by atoms with Gasteiger partial charge >= 0.3 is 0 Å². The zero-order valence-corrected chi connectivity index (χ0v) is 25.2. The van der Waals surface area contributed by atoms with Crippen LogP contribution in [0.2, 0.25) is 0 Å². The fourth-order valence-electron chi connectivity index (χ4n) is 4.67. The van der Waals surface area contributed by atoms with E-state index in [4.69, 9.17) is 9.47 Å². The molecule has 3 aromatic carbocycles. The van der Waals surface area contributed by atoms with Crippen LogP contribution in [-0.2, 0) is 20.0 Å². The average Bonchev–Trinajstić information content (AvgIpc) is 2.97. The molecule has 1 aliphatic heterocycles. The van der Waals surface area contributed by atoms with E-state index in [1.54, 1.807) is 37.3 Å². The average molecular weight is 601 g/mol. The smallest absolute Gasteiger partial charge is 0.247 e. The van der Waals surface area contributed by atoms with E-state index < -0.39 is 38.1 Å². The first kappa shape index (κ1) is 30.7. The lowest BCUT2D eigenvalue weighted by atomic mass is 10.0. The predicted molar refractivity (Wildman–Crippen MR) is 159 cm³/mol. The number of sulfonamides is 2. The van der Waals surface area contributed by atoms with E-state index in [0.29, 0.717) is 5.56 Å². The Balaban J connectivity index is 1.74. The Bertz CT molecular complexity index is 1590. The third-order valence-corrected chi connectivity index (χ3v) is 11.0. The maximum atomic E-state index is 13.8. The summed E-state index contributed by atoms with van der Waals surface area (Å²) in [5.74, 6) is -0.0824. The molecule has 0 unspecified atom stereocenters. The molecule has 4 rings (SSSR count). The molecule has 1 N–H and O–H groups in total. The summed E-state index contributed by atoms with van der Waals surface area (Å²) in [7, 11) is -5.12. The standard InChI is InChI=1S/C30H36N2O7S2/c1-22-19-32(23(2)21-33)41(36,37)30-17-16-25(15-14-24-10-6-5-7-11-24)18-27(30)39-28(22)20-31(3)40(34,35)29-13-9-8-12-26(29)38-4/h5-18,22-23,28,33H,19-21H2,1-4H3/b15-14+/t22-,23-,28+/m1/s1. The fraction of sp³-hybridized carbons (Fsp3) is 0.333. The molecule has 0 bridgehead atoms. The molecular weight excluding hydrogens is 564 g/mol. The minimum atomic E-state index is -4.03. The van der Waals surface area contributed by atoms with Crippen LogP contribution < -0.4 is 9.47 Å². The first-order valence-corrected chi connectivity index (χ1v) is 16.1. The number of likely N-dealkylation sites (N-methyl/N-ethyl adjacent to an activating group) is 1. The molecule has 11 heteroatoms. The summed E-state index contributed by atoms with van der Waals surface area (Å²) < 4.78 is 68.7. The van der Waals surface area contributed by atoms with Crippen molar-refractivity contribution in [2.24, 2.45) is 5.92 Å². The second kappa shape index (κ2) is 12.7. The van der Waals surface area contributed by atoms with E-state index in [2.05, 4.69) is 0 Å². The van der Waals surface area contributed by atoms with E-state index >= 15 is 0 Å². The summed E-state index contributed by atoms with van der Waals surface area (Å²) in [6, 6.07) is 20.2. The van der Waals surface area contributed by atoms with Gasteiger partial charge in [0.1, 0.15) is 27.4 Å². The maximum absolute atomic E-state index is 13.8. The van der Waals surface area contributed by atoms with Crippen molar-refractivity contribution in [2.45, 2.75) is 35.8 Å². The number of ether oxygens (including phenoxy) is 2. The van der Waals surface area contributed by atoms with Gasteiger partial charge in [-0.05, 0) is 42.3 Å². The molecule has 0 saturated heterocycles. The van der Waals surface area contributed by atoms with E-state index in [-0.39, 0.29) is 41.0 Å². The van der Waals surface area contributed by atoms with Crippen molar-refractivity contribution >= 4 is 32.2 Å².